The summed E-state index contributed by atoms with van der Waals surface area (Å²) < 4.78 is 7.37. The molecule has 6 rings (SSSR count). The zero-order chi connectivity index (χ0) is 31.0. The van der Waals surface area contributed by atoms with Gasteiger partial charge in [0.25, 0.3) is 5.91 Å². The SMILES string of the molecule is CCOC(=O)NC1CCCC[C@@H]1n1cnc(C(=O)N2CCN(Cc3ccccc3)C[C@H]2Cc2ccccc2)c1-c1ccccc1. The monoisotopic (exact) mass is 605 g/mol. The Kier molecular flexibility index (Phi) is 9.90. The van der Waals surface area contributed by atoms with Crippen LogP contribution in [0.5, 0.6) is 0 Å². The lowest BCUT2D eigenvalue weighted by molar-refractivity contribution is 0.0434. The van der Waals surface area contributed by atoms with E-state index in [-0.39, 0.29) is 24.0 Å². The number of rotatable bonds is 9. The lowest BCUT2D eigenvalue weighted by Crippen LogP contribution is -2.55. The number of aromatic nitrogens is 2. The fraction of sp³-hybridized carbons (Fsp3) is 0.378. The summed E-state index contributed by atoms with van der Waals surface area (Å²) in [5.41, 5.74) is 4.72. The quantitative estimate of drug-likeness (QED) is 0.241. The minimum absolute atomic E-state index is 0.000884. The van der Waals surface area contributed by atoms with Crippen molar-refractivity contribution < 1.29 is 14.3 Å². The summed E-state index contributed by atoms with van der Waals surface area (Å²) in [4.78, 5) is 36.4. The van der Waals surface area contributed by atoms with Crippen LogP contribution < -0.4 is 5.32 Å². The molecule has 1 aromatic heterocycles. The third-order valence-corrected chi connectivity index (χ3v) is 9.10. The molecule has 2 amide bonds. The highest BCUT2D eigenvalue weighted by Crippen LogP contribution is 2.35. The van der Waals surface area contributed by atoms with Crippen LogP contribution in [0.2, 0.25) is 0 Å². The van der Waals surface area contributed by atoms with Crippen molar-refractivity contribution >= 4 is 12.0 Å². The van der Waals surface area contributed by atoms with Crippen LogP contribution in [0.4, 0.5) is 4.79 Å². The fourth-order valence-corrected chi connectivity index (χ4v) is 6.96. The van der Waals surface area contributed by atoms with Gasteiger partial charge in [0.15, 0.2) is 5.69 Å². The molecule has 0 bridgehead atoms. The lowest BCUT2D eigenvalue weighted by Gasteiger charge is -2.41. The molecule has 1 saturated heterocycles. The van der Waals surface area contributed by atoms with Crippen LogP contribution in [-0.4, -0.2) is 69.7 Å². The Labute approximate surface area is 266 Å². The van der Waals surface area contributed by atoms with Crippen LogP contribution in [-0.2, 0) is 17.7 Å². The summed E-state index contributed by atoms with van der Waals surface area (Å²) in [6, 6.07) is 30.9. The van der Waals surface area contributed by atoms with E-state index in [0.29, 0.717) is 18.8 Å². The first-order chi connectivity index (χ1) is 22.1. The molecule has 1 saturated carbocycles. The number of piperazine rings is 1. The van der Waals surface area contributed by atoms with E-state index in [1.54, 1.807) is 0 Å². The molecular formula is C37H43N5O3. The van der Waals surface area contributed by atoms with Crippen LogP contribution in [0.1, 0.15) is 60.3 Å². The van der Waals surface area contributed by atoms with Gasteiger partial charge in [-0.2, -0.15) is 0 Å². The molecule has 1 N–H and O–H groups in total. The Bertz CT molecular complexity index is 1540. The number of hydrogen-bond acceptors (Lipinski definition) is 5. The number of imidazole rings is 1. The average Bonchev–Trinajstić information content (AvgIpc) is 3.51. The number of carbonyl (C=O) groups excluding carboxylic acids is 2. The Morgan fingerprint density at radius 3 is 2.24 bits per heavy atom. The van der Waals surface area contributed by atoms with Crippen LogP contribution in [0, 0.1) is 0 Å². The Morgan fingerprint density at radius 1 is 0.867 bits per heavy atom. The molecule has 8 nitrogen and oxygen atoms in total. The Balaban J connectivity index is 1.32. The normalized spacial score (nSPS) is 20.5. The van der Waals surface area contributed by atoms with Crippen molar-refractivity contribution in [2.45, 2.75) is 63.7 Å². The predicted octanol–water partition coefficient (Wildman–Crippen LogP) is 6.35. The maximum absolute atomic E-state index is 14.6. The number of nitrogens with zero attached hydrogens (tertiary/aromatic N) is 4. The average molecular weight is 606 g/mol. The highest BCUT2D eigenvalue weighted by atomic mass is 16.5. The first-order valence-electron chi connectivity index (χ1n) is 16.3. The Hall–Kier alpha value is -4.43. The highest BCUT2D eigenvalue weighted by Gasteiger charge is 2.36. The summed E-state index contributed by atoms with van der Waals surface area (Å²) in [6.07, 6.45) is 5.99. The third-order valence-electron chi connectivity index (χ3n) is 9.10. The molecule has 45 heavy (non-hydrogen) atoms. The number of amides is 2. The highest BCUT2D eigenvalue weighted by molar-refractivity contribution is 5.98. The molecule has 234 valence electrons. The second-order valence-electron chi connectivity index (χ2n) is 12.1. The van der Waals surface area contributed by atoms with Crippen molar-refractivity contribution in [1.82, 2.24) is 24.7 Å². The first kappa shape index (κ1) is 30.6. The van der Waals surface area contributed by atoms with Gasteiger partial charge in [0.05, 0.1) is 30.7 Å². The van der Waals surface area contributed by atoms with E-state index in [9.17, 15) is 9.59 Å². The summed E-state index contributed by atoms with van der Waals surface area (Å²) in [5.74, 6) is -0.0430. The predicted molar refractivity (Wildman–Crippen MR) is 176 cm³/mol. The van der Waals surface area contributed by atoms with Gasteiger partial charge < -0.3 is 19.5 Å². The summed E-state index contributed by atoms with van der Waals surface area (Å²) in [7, 11) is 0. The van der Waals surface area contributed by atoms with Crippen LogP contribution in [0.3, 0.4) is 0 Å². The van der Waals surface area contributed by atoms with Crippen molar-refractivity contribution in [2.24, 2.45) is 0 Å². The van der Waals surface area contributed by atoms with E-state index in [1.807, 2.05) is 60.6 Å². The maximum atomic E-state index is 14.6. The molecule has 1 aliphatic carbocycles. The van der Waals surface area contributed by atoms with Gasteiger partial charge in [0.1, 0.15) is 0 Å². The molecule has 0 radical (unpaired) electrons. The summed E-state index contributed by atoms with van der Waals surface area (Å²) in [6.45, 7) is 5.19. The number of hydrogen-bond donors (Lipinski definition) is 1. The van der Waals surface area contributed by atoms with E-state index in [0.717, 1.165) is 63.0 Å². The number of ether oxygens (including phenoxy) is 1. The fourth-order valence-electron chi connectivity index (χ4n) is 6.96. The molecule has 3 atom stereocenters. The van der Waals surface area contributed by atoms with Gasteiger partial charge in [-0.05, 0) is 37.3 Å². The number of carbonyl (C=O) groups is 2. The standard InChI is InChI=1S/C37H43N5O3/c1-2-45-37(44)39-32-20-12-13-21-33(32)42-27-38-34(35(42)30-18-10-5-11-19-30)36(43)41-23-22-40(25-29-16-8-4-9-17-29)26-31(41)24-28-14-6-3-7-15-28/h3-11,14-19,27,31-33H,2,12-13,20-26H2,1H3,(H,39,44)/t31-,32?,33+/m1/s1. The number of nitrogens with one attached hydrogen (secondary N) is 1. The summed E-state index contributed by atoms with van der Waals surface area (Å²) in [5, 5.41) is 3.10. The topological polar surface area (TPSA) is 79.7 Å². The molecule has 4 aromatic rings. The van der Waals surface area contributed by atoms with Gasteiger partial charge in [-0.25, -0.2) is 9.78 Å². The largest absolute Gasteiger partial charge is 0.450 e. The summed E-state index contributed by atoms with van der Waals surface area (Å²) >= 11 is 0. The molecule has 2 aliphatic rings. The molecule has 8 heteroatoms. The minimum Gasteiger partial charge on any atom is -0.450 e. The van der Waals surface area contributed by atoms with Gasteiger partial charge in [-0.15, -0.1) is 0 Å². The van der Waals surface area contributed by atoms with E-state index in [2.05, 4.69) is 63.3 Å². The molecule has 2 fully saturated rings. The molecule has 0 spiro atoms. The van der Waals surface area contributed by atoms with Gasteiger partial charge in [0.2, 0.25) is 0 Å². The van der Waals surface area contributed by atoms with Gasteiger partial charge in [0, 0.05) is 37.8 Å². The van der Waals surface area contributed by atoms with E-state index in [1.165, 1.54) is 11.1 Å². The van der Waals surface area contributed by atoms with Crippen molar-refractivity contribution in [3.8, 4) is 11.3 Å². The number of alkyl carbamates (subject to hydrolysis) is 1. The molecule has 2 heterocycles. The third kappa shape index (κ3) is 7.28. The van der Waals surface area contributed by atoms with Crippen molar-refractivity contribution in [3.63, 3.8) is 0 Å². The molecule has 1 unspecified atom stereocenters. The second kappa shape index (κ2) is 14.6. The van der Waals surface area contributed by atoms with E-state index in [4.69, 9.17) is 9.72 Å². The van der Waals surface area contributed by atoms with E-state index >= 15 is 0 Å². The minimum atomic E-state index is -0.399. The second-order valence-corrected chi connectivity index (χ2v) is 12.1. The van der Waals surface area contributed by atoms with E-state index < -0.39 is 6.09 Å². The Morgan fingerprint density at radius 2 is 1.53 bits per heavy atom. The van der Waals surface area contributed by atoms with Gasteiger partial charge >= 0.3 is 6.09 Å². The molecule has 3 aromatic carbocycles. The van der Waals surface area contributed by atoms with Gasteiger partial charge in [-0.3, -0.25) is 9.69 Å². The van der Waals surface area contributed by atoms with Crippen LogP contribution in [0.15, 0.2) is 97.3 Å². The number of benzene rings is 3. The van der Waals surface area contributed by atoms with Crippen molar-refractivity contribution in [3.05, 3.63) is 114 Å². The molecular weight excluding hydrogens is 562 g/mol. The van der Waals surface area contributed by atoms with Crippen molar-refractivity contribution in [2.75, 3.05) is 26.2 Å². The van der Waals surface area contributed by atoms with Crippen molar-refractivity contribution in [1.29, 1.82) is 0 Å². The zero-order valence-corrected chi connectivity index (χ0v) is 26.1. The smallest absolute Gasteiger partial charge is 0.407 e. The van der Waals surface area contributed by atoms with Crippen LogP contribution in [0.25, 0.3) is 11.3 Å². The zero-order valence-electron chi connectivity index (χ0n) is 26.1. The van der Waals surface area contributed by atoms with Gasteiger partial charge in [-0.1, -0.05) is 104 Å². The lowest BCUT2D eigenvalue weighted by atomic mass is 9.89. The molecule has 1 aliphatic heterocycles. The first-order valence-corrected chi connectivity index (χ1v) is 16.3. The maximum Gasteiger partial charge on any atom is 0.407 e. The van der Waals surface area contributed by atoms with Crippen LogP contribution >= 0.6 is 0 Å².